The minimum absolute atomic E-state index is 0.285. The molecule has 0 aromatic heterocycles. The first-order valence-electron chi connectivity index (χ1n) is 11.6. The Labute approximate surface area is 187 Å². The van der Waals surface area contributed by atoms with Crippen LogP contribution in [-0.4, -0.2) is 79.5 Å². The Kier molecular flexibility index (Phi) is 6.93. The van der Waals surface area contributed by atoms with Crippen LogP contribution in [0.25, 0.3) is 0 Å². The Morgan fingerprint density at radius 1 is 0.806 bits per heavy atom. The molecule has 2 saturated heterocycles. The molecule has 5 heteroatoms. The fourth-order valence-electron chi connectivity index (χ4n) is 4.74. The third kappa shape index (κ3) is 5.46. The van der Waals surface area contributed by atoms with Crippen LogP contribution in [0.15, 0.2) is 42.5 Å². The van der Waals surface area contributed by atoms with Crippen molar-refractivity contribution in [3.63, 3.8) is 0 Å². The minimum Gasteiger partial charge on any atom is -0.368 e. The van der Waals surface area contributed by atoms with Crippen LogP contribution in [-0.2, 0) is 11.3 Å². The first kappa shape index (κ1) is 21.8. The Morgan fingerprint density at radius 3 is 2.19 bits per heavy atom. The summed E-state index contributed by atoms with van der Waals surface area (Å²) in [6, 6.07) is 15.3. The van der Waals surface area contributed by atoms with Crippen LogP contribution in [0, 0.1) is 20.8 Å². The first-order valence-corrected chi connectivity index (χ1v) is 11.6. The zero-order valence-electron chi connectivity index (χ0n) is 19.3. The van der Waals surface area contributed by atoms with Crippen LogP contribution >= 0.6 is 0 Å². The standard InChI is InChI=1S/C26H36N4O/c1-21-6-4-8-24(18-21)19-27-10-12-28(13-11-27)20-26(31)30-16-14-29(15-17-30)25-9-5-7-22(2)23(25)3/h4-9,18H,10-17,19-20H2,1-3H3. The van der Waals surface area contributed by atoms with Gasteiger partial charge in [-0.3, -0.25) is 14.6 Å². The number of anilines is 1. The van der Waals surface area contributed by atoms with Crippen LogP contribution in [0.1, 0.15) is 22.3 Å². The molecule has 1 amide bonds. The summed E-state index contributed by atoms with van der Waals surface area (Å²) in [5.41, 5.74) is 6.70. The van der Waals surface area contributed by atoms with Gasteiger partial charge in [0.05, 0.1) is 6.54 Å². The summed E-state index contributed by atoms with van der Waals surface area (Å²) in [5, 5.41) is 0. The molecule has 2 heterocycles. The number of aryl methyl sites for hydroxylation is 2. The third-order valence-corrected chi connectivity index (χ3v) is 6.86. The average Bonchev–Trinajstić information content (AvgIpc) is 2.77. The number of benzene rings is 2. The van der Waals surface area contributed by atoms with Crippen LogP contribution < -0.4 is 4.90 Å². The van der Waals surface area contributed by atoms with Gasteiger partial charge in [-0.1, -0.05) is 42.0 Å². The van der Waals surface area contributed by atoms with E-state index in [1.54, 1.807) is 0 Å². The molecule has 4 rings (SSSR count). The van der Waals surface area contributed by atoms with E-state index in [0.29, 0.717) is 6.54 Å². The Bertz CT molecular complexity index is 896. The second-order valence-corrected chi connectivity index (χ2v) is 9.13. The maximum atomic E-state index is 12.9. The van der Waals surface area contributed by atoms with E-state index in [0.717, 1.165) is 58.9 Å². The number of piperazine rings is 2. The van der Waals surface area contributed by atoms with Gasteiger partial charge >= 0.3 is 0 Å². The van der Waals surface area contributed by atoms with E-state index in [-0.39, 0.29) is 5.91 Å². The zero-order valence-corrected chi connectivity index (χ0v) is 19.3. The van der Waals surface area contributed by atoms with Crippen molar-refractivity contribution in [3.05, 3.63) is 64.7 Å². The number of carbonyl (C=O) groups excluding carboxylic acids is 1. The maximum Gasteiger partial charge on any atom is 0.236 e. The van der Waals surface area contributed by atoms with Gasteiger partial charge in [-0.25, -0.2) is 0 Å². The summed E-state index contributed by atoms with van der Waals surface area (Å²) in [6.45, 7) is 15.5. The Hall–Kier alpha value is -2.37. The fourth-order valence-corrected chi connectivity index (χ4v) is 4.74. The maximum absolute atomic E-state index is 12.9. The normalized spacial score (nSPS) is 18.4. The molecule has 2 fully saturated rings. The van der Waals surface area contributed by atoms with E-state index in [9.17, 15) is 4.79 Å². The van der Waals surface area contributed by atoms with Gasteiger partial charge in [-0.05, 0) is 43.5 Å². The van der Waals surface area contributed by atoms with Gasteiger partial charge in [0.2, 0.25) is 5.91 Å². The van der Waals surface area contributed by atoms with E-state index < -0.39 is 0 Å². The summed E-state index contributed by atoms with van der Waals surface area (Å²) in [5.74, 6) is 0.285. The summed E-state index contributed by atoms with van der Waals surface area (Å²) >= 11 is 0. The predicted octanol–water partition coefficient (Wildman–Crippen LogP) is 3.08. The van der Waals surface area contributed by atoms with Gasteiger partial charge in [0.25, 0.3) is 0 Å². The third-order valence-electron chi connectivity index (χ3n) is 6.86. The highest BCUT2D eigenvalue weighted by Gasteiger charge is 2.25. The lowest BCUT2D eigenvalue weighted by atomic mass is 10.1. The molecule has 0 spiro atoms. The van der Waals surface area contributed by atoms with Crippen LogP contribution in [0.2, 0.25) is 0 Å². The SMILES string of the molecule is Cc1cccc(CN2CCN(CC(=O)N3CCN(c4cccc(C)c4C)CC3)CC2)c1. The summed E-state index contributed by atoms with van der Waals surface area (Å²) in [7, 11) is 0. The summed E-state index contributed by atoms with van der Waals surface area (Å²) in [6.07, 6.45) is 0. The molecule has 0 radical (unpaired) electrons. The van der Waals surface area contributed by atoms with Crippen molar-refractivity contribution in [1.29, 1.82) is 0 Å². The molecular formula is C26H36N4O. The highest BCUT2D eigenvalue weighted by Crippen LogP contribution is 2.24. The number of hydrogen-bond donors (Lipinski definition) is 0. The Balaban J connectivity index is 1.21. The topological polar surface area (TPSA) is 30.0 Å². The molecule has 5 nitrogen and oxygen atoms in total. The van der Waals surface area contributed by atoms with Crippen molar-refractivity contribution in [2.45, 2.75) is 27.3 Å². The summed E-state index contributed by atoms with van der Waals surface area (Å²) < 4.78 is 0. The van der Waals surface area contributed by atoms with Crippen molar-refractivity contribution in [2.75, 3.05) is 63.8 Å². The fraction of sp³-hybridized carbons (Fsp3) is 0.500. The molecule has 0 saturated carbocycles. The minimum atomic E-state index is 0.285. The van der Waals surface area contributed by atoms with E-state index in [1.807, 2.05) is 0 Å². The highest BCUT2D eigenvalue weighted by atomic mass is 16.2. The number of hydrogen-bond acceptors (Lipinski definition) is 4. The van der Waals surface area contributed by atoms with Crippen molar-refractivity contribution in [2.24, 2.45) is 0 Å². The van der Waals surface area contributed by atoms with Crippen LogP contribution in [0.3, 0.4) is 0 Å². The zero-order chi connectivity index (χ0) is 21.8. The van der Waals surface area contributed by atoms with Crippen LogP contribution in [0.5, 0.6) is 0 Å². The first-order chi connectivity index (χ1) is 15.0. The lowest BCUT2D eigenvalue weighted by Crippen LogP contribution is -2.53. The monoisotopic (exact) mass is 420 g/mol. The van der Waals surface area contributed by atoms with Crippen LogP contribution in [0.4, 0.5) is 5.69 Å². The number of rotatable bonds is 5. The van der Waals surface area contributed by atoms with E-state index >= 15 is 0 Å². The molecule has 0 aliphatic carbocycles. The lowest BCUT2D eigenvalue weighted by Gasteiger charge is -2.39. The van der Waals surface area contributed by atoms with Gasteiger partial charge in [0.1, 0.15) is 0 Å². The molecule has 31 heavy (non-hydrogen) atoms. The number of amides is 1. The molecule has 166 valence electrons. The van der Waals surface area contributed by atoms with Crippen molar-refractivity contribution in [3.8, 4) is 0 Å². The van der Waals surface area contributed by atoms with E-state index in [1.165, 1.54) is 27.9 Å². The predicted molar refractivity (Wildman–Crippen MR) is 128 cm³/mol. The molecular weight excluding hydrogens is 384 g/mol. The van der Waals surface area contributed by atoms with Gasteiger partial charge in [0, 0.05) is 64.6 Å². The number of carbonyl (C=O) groups is 1. The molecule has 2 aromatic carbocycles. The van der Waals surface area contributed by atoms with Crippen molar-refractivity contribution >= 4 is 11.6 Å². The van der Waals surface area contributed by atoms with E-state index in [2.05, 4.69) is 82.8 Å². The molecule has 0 unspecified atom stereocenters. The molecule has 2 aliphatic rings. The largest absolute Gasteiger partial charge is 0.368 e. The number of nitrogens with zero attached hydrogens (tertiary/aromatic N) is 4. The van der Waals surface area contributed by atoms with Gasteiger partial charge in [0.15, 0.2) is 0 Å². The molecule has 0 bridgehead atoms. The highest BCUT2D eigenvalue weighted by molar-refractivity contribution is 5.78. The molecule has 2 aliphatic heterocycles. The molecule has 0 N–H and O–H groups in total. The second kappa shape index (κ2) is 9.84. The lowest BCUT2D eigenvalue weighted by molar-refractivity contribution is -0.133. The summed E-state index contributed by atoms with van der Waals surface area (Å²) in [4.78, 5) is 22.2. The Morgan fingerprint density at radius 2 is 1.48 bits per heavy atom. The van der Waals surface area contributed by atoms with Gasteiger partial charge < -0.3 is 9.80 Å². The molecule has 0 atom stereocenters. The molecule has 2 aromatic rings. The smallest absolute Gasteiger partial charge is 0.236 e. The van der Waals surface area contributed by atoms with E-state index in [4.69, 9.17) is 0 Å². The van der Waals surface area contributed by atoms with Crippen molar-refractivity contribution in [1.82, 2.24) is 14.7 Å². The average molecular weight is 421 g/mol. The van der Waals surface area contributed by atoms with Gasteiger partial charge in [-0.15, -0.1) is 0 Å². The van der Waals surface area contributed by atoms with Gasteiger partial charge in [-0.2, -0.15) is 0 Å². The van der Waals surface area contributed by atoms with Crippen molar-refractivity contribution < 1.29 is 4.79 Å². The quantitative estimate of drug-likeness (QED) is 0.744. The second-order valence-electron chi connectivity index (χ2n) is 9.13.